The highest BCUT2D eigenvalue weighted by Gasteiger charge is 2.34. The maximum Gasteiger partial charge on any atom is 0.330 e. The second kappa shape index (κ2) is 6.94. The van der Waals surface area contributed by atoms with Crippen LogP contribution < -0.4 is 16.6 Å². The highest BCUT2D eigenvalue weighted by molar-refractivity contribution is 5.49. The fourth-order valence-corrected chi connectivity index (χ4v) is 4.30. The molecule has 0 saturated heterocycles. The zero-order valence-electron chi connectivity index (χ0n) is 15.2. The van der Waals surface area contributed by atoms with Gasteiger partial charge in [0, 0.05) is 18.0 Å². The van der Waals surface area contributed by atoms with Crippen LogP contribution in [0.2, 0.25) is 0 Å². The van der Waals surface area contributed by atoms with Gasteiger partial charge in [0.2, 0.25) is 0 Å². The van der Waals surface area contributed by atoms with Crippen molar-refractivity contribution in [2.45, 2.75) is 63.7 Å². The third-order valence-electron chi connectivity index (χ3n) is 5.72. The fraction of sp³-hybridized carbons (Fsp3) is 0.500. The summed E-state index contributed by atoms with van der Waals surface area (Å²) >= 11 is 0. The molecule has 1 saturated carbocycles. The second-order valence-corrected chi connectivity index (χ2v) is 7.62. The molecule has 1 aromatic heterocycles. The number of aromatic amines is 1. The third kappa shape index (κ3) is 3.19. The number of hydrogen-bond acceptors (Lipinski definition) is 3. The Morgan fingerprint density at radius 2 is 1.89 bits per heavy atom. The molecule has 144 valence electrons. The number of halogens is 2. The number of rotatable bonds is 2. The lowest BCUT2D eigenvalue weighted by molar-refractivity contribution is 0.277. The number of aryl methyl sites for hydroxylation is 1. The van der Waals surface area contributed by atoms with E-state index >= 15 is 0 Å². The van der Waals surface area contributed by atoms with Gasteiger partial charge in [-0.3, -0.25) is 14.3 Å². The number of H-pyrrole nitrogens is 1. The first-order valence-electron chi connectivity index (χ1n) is 9.50. The number of aromatic nitrogens is 2. The summed E-state index contributed by atoms with van der Waals surface area (Å²) in [6.45, 7) is 1.80. The topological polar surface area (TPSA) is 66.9 Å². The van der Waals surface area contributed by atoms with E-state index in [0.29, 0.717) is 0 Å². The van der Waals surface area contributed by atoms with E-state index in [1.807, 2.05) is 0 Å². The lowest BCUT2D eigenvalue weighted by Gasteiger charge is -2.31. The molecule has 2 heterocycles. The van der Waals surface area contributed by atoms with E-state index in [9.17, 15) is 18.4 Å². The van der Waals surface area contributed by atoms with Crippen molar-refractivity contribution in [2.24, 2.45) is 0 Å². The minimum absolute atomic E-state index is 0.134. The summed E-state index contributed by atoms with van der Waals surface area (Å²) in [6, 6.07) is 3.43. The van der Waals surface area contributed by atoms with E-state index < -0.39 is 29.3 Å². The van der Waals surface area contributed by atoms with Crippen LogP contribution in [0.1, 0.15) is 60.9 Å². The van der Waals surface area contributed by atoms with Gasteiger partial charge in [-0.2, -0.15) is 0 Å². The fourth-order valence-electron chi connectivity index (χ4n) is 4.30. The molecule has 1 aliphatic heterocycles. The van der Waals surface area contributed by atoms with Gasteiger partial charge in [0.25, 0.3) is 5.56 Å². The van der Waals surface area contributed by atoms with Crippen LogP contribution in [0, 0.1) is 12.7 Å². The van der Waals surface area contributed by atoms with Crippen molar-refractivity contribution in [1.29, 1.82) is 0 Å². The maximum absolute atomic E-state index is 14.9. The van der Waals surface area contributed by atoms with Crippen LogP contribution in [0.25, 0.3) is 0 Å². The van der Waals surface area contributed by atoms with Gasteiger partial charge in [-0.05, 0) is 25.8 Å². The maximum atomic E-state index is 14.9. The Balaban J connectivity index is 1.74. The van der Waals surface area contributed by atoms with Gasteiger partial charge in [0.1, 0.15) is 17.8 Å². The Morgan fingerprint density at radius 1 is 1.15 bits per heavy atom. The summed E-state index contributed by atoms with van der Waals surface area (Å²) in [5.41, 5.74) is 0.327. The van der Waals surface area contributed by atoms with Gasteiger partial charge >= 0.3 is 5.69 Å². The van der Waals surface area contributed by atoms with Crippen LogP contribution in [0.5, 0.6) is 0 Å². The van der Waals surface area contributed by atoms with Crippen LogP contribution in [0.3, 0.4) is 0 Å². The van der Waals surface area contributed by atoms with Gasteiger partial charge in [-0.15, -0.1) is 0 Å². The highest BCUT2D eigenvalue weighted by atomic mass is 19.1. The van der Waals surface area contributed by atoms with Crippen molar-refractivity contribution in [3.63, 3.8) is 0 Å². The molecule has 0 bridgehead atoms. The van der Waals surface area contributed by atoms with Crippen molar-refractivity contribution in [3.8, 4) is 0 Å². The van der Waals surface area contributed by atoms with E-state index in [0.717, 1.165) is 37.7 Å². The molecule has 2 atom stereocenters. The number of alkyl halides is 1. The molecule has 1 aliphatic carbocycles. The first-order valence-corrected chi connectivity index (χ1v) is 9.50. The molecule has 4 rings (SSSR count). The molecule has 0 spiro atoms. The van der Waals surface area contributed by atoms with Crippen LogP contribution in [0.15, 0.2) is 27.8 Å². The van der Waals surface area contributed by atoms with Crippen molar-refractivity contribution in [3.05, 3.63) is 61.5 Å². The summed E-state index contributed by atoms with van der Waals surface area (Å²) in [5, 5.41) is 2.86. The first kappa shape index (κ1) is 17.9. The number of nitrogens with zero attached hydrogens (tertiary/aromatic N) is 1. The van der Waals surface area contributed by atoms with E-state index in [2.05, 4.69) is 10.3 Å². The summed E-state index contributed by atoms with van der Waals surface area (Å²) in [5.74, 6) is -0.307. The Bertz CT molecular complexity index is 976. The van der Waals surface area contributed by atoms with Crippen molar-refractivity contribution < 1.29 is 8.78 Å². The van der Waals surface area contributed by atoms with Gasteiger partial charge in [-0.1, -0.05) is 37.0 Å². The smallest absolute Gasteiger partial charge is 0.330 e. The Hall–Kier alpha value is -2.44. The molecule has 1 aromatic carbocycles. The van der Waals surface area contributed by atoms with Gasteiger partial charge < -0.3 is 5.32 Å². The zero-order valence-corrected chi connectivity index (χ0v) is 15.2. The van der Waals surface area contributed by atoms with E-state index in [1.54, 1.807) is 19.1 Å². The lowest BCUT2D eigenvalue weighted by Crippen LogP contribution is -2.44. The summed E-state index contributed by atoms with van der Waals surface area (Å²) in [4.78, 5) is 28.2. The van der Waals surface area contributed by atoms with Crippen LogP contribution in [-0.4, -0.2) is 15.7 Å². The van der Waals surface area contributed by atoms with Crippen LogP contribution >= 0.6 is 0 Å². The van der Waals surface area contributed by atoms with E-state index in [1.165, 1.54) is 10.6 Å². The average molecular weight is 375 g/mol. The van der Waals surface area contributed by atoms with Crippen molar-refractivity contribution in [2.75, 3.05) is 5.32 Å². The lowest BCUT2D eigenvalue weighted by atomic mass is 9.92. The second-order valence-electron chi connectivity index (χ2n) is 7.62. The summed E-state index contributed by atoms with van der Waals surface area (Å²) in [7, 11) is 0. The number of nitrogens with one attached hydrogen (secondary N) is 2. The van der Waals surface area contributed by atoms with Crippen molar-refractivity contribution >= 4 is 5.82 Å². The number of benzene rings is 1. The van der Waals surface area contributed by atoms with Crippen LogP contribution in [0.4, 0.5) is 14.6 Å². The molecule has 0 unspecified atom stereocenters. The molecule has 1 fully saturated rings. The SMILES string of the molecule is Cc1ccc(F)c([C@H]2Nc3[nH]c(=O)n(C4CCCCC4)c(=O)c3C[C@H]2F)c1. The Labute approximate surface area is 155 Å². The molecule has 2 N–H and O–H groups in total. The van der Waals surface area contributed by atoms with E-state index in [4.69, 9.17) is 0 Å². The number of hydrogen-bond donors (Lipinski definition) is 2. The molecule has 5 nitrogen and oxygen atoms in total. The molecule has 2 aromatic rings. The van der Waals surface area contributed by atoms with Crippen molar-refractivity contribution in [1.82, 2.24) is 9.55 Å². The van der Waals surface area contributed by atoms with Gasteiger partial charge in [-0.25, -0.2) is 13.6 Å². The average Bonchev–Trinajstić information content (AvgIpc) is 2.65. The number of anilines is 1. The Kier molecular flexibility index (Phi) is 4.61. The largest absolute Gasteiger partial charge is 0.361 e. The highest BCUT2D eigenvalue weighted by Crippen LogP contribution is 2.34. The van der Waals surface area contributed by atoms with E-state index in [-0.39, 0.29) is 29.4 Å². The number of fused-ring (bicyclic) bond motifs is 1. The Morgan fingerprint density at radius 3 is 2.63 bits per heavy atom. The van der Waals surface area contributed by atoms with Crippen LogP contribution in [-0.2, 0) is 6.42 Å². The molecular formula is C20H23F2N3O2. The quantitative estimate of drug-likeness (QED) is 0.844. The molecule has 27 heavy (non-hydrogen) atoms. The minimum atomic E-state index is -1.47. The monoisotopic (exact) mass is 375 g/mol. The van der Waals surface area contributed by atoms with Gasteiger partial charge in [0.05, 0.1) is 11.6 Å². The van der Waals surface area contributed by atoms with Gasteiger partial charge in [0.15, 0.2) is 0 Å². The molecule has 0 radical (unpaired) electrons. The normalized spacial score (nSPS) is 22.9. The summed E-state index contributed by atoms with van der Waals surface area (Å²) < 4.78 is 30.4. The predicted octanol–water partition coefficient (Wildman–Crippen LogP) is 3.54. The molecule has 0 amide bonds. The first-order chi connectivity index (χ1) is 13.0. The predicted molar refractivity (Wildman–Crippen MR) is 99.5 cm³/mol. The zero-order chi connectivity index (χ0) is 19.1. The standard InChI is InChI=1S/C20H23F2N3O2/c1-11-7-8-15(21)13(9-11)17-16(22)10-14-18(23-17)24-20(27)25(19(14)26)12-5-3-2-4-6-12/h7-9,12,16-17,23H,2-6,10H2,1H3,(H,24,27)/t16-,17-/m1/s1. The molecule has 2 aliphatic rings. The third-order valence-corrected chi connectivity index (χ3v) is 5.72. The minimum Gasteiger partial charge on any atom is -0.361 e. The molecule has 7 heteroatoms. The molecular weight excluding hydrogens is 352 g/mol. The summed E-state index contributed by atoms with van der Waals surface area (Å²) in [6.07, 6.45) is 3.01.